The molecule has 3 aromatic heterocycles. The Bertz CT molecular complexity index is 1340. The number of fused-ring (bicyclic) bond motifs is 3. The lowest BCUT2D eigenvalue weighted by Gasteiger charge is -2.20. The van der Waals surface area contributed by atoms with Gasteiger partial charge in [0.1, 0.15) is 17.3 Å². The minimum Gasteiger partial charge on any atom is -0.481 e. The number of nitrogens with zero attached hydrogens (tertiary/aromatic N) is 4. The van der Waals surface area contributed by atoms with Gasteiger partial charge in [-0.05, 0) is 36.5 Å². The molecule has 11 heteroatoms. The van der Waals surface area contributed by atoms with Gasteiger partial charge < -0.3 is 20.3 Å². The Morgan fingerprint density at radius 2 is 2.09 bits per heavy atom. The number of halogens is 1. The molecule has 3 aromatic rings. The van der Waals surface area contributed by atoms with Gasteiger partial charge in [0.15, 0.2) is 0 Å². The maximum absolute atomic E-state index is 14.6. The zero-order valence-electron chi connectivity index (χ0n) is 19.0. The summed E-state index contributed by atoms with van der Waals surface area (Å²) >= 11 is 1.41. The average Bonchev–Trinajstić information content (AvgIpc) is 3.30. The topological polar surface area (TPSA) is 109 Å². The van der Waals surface area contributed by atoms with Crippen LogP contribution >= 0.6 is 11.8 Å². The van der Waals surface area contributed by atoms with Gasteiger partial charge in [0.2, 0.25) is 11.8 Å². The number of hydrogen-bond donors (Lipinski definition) is 2. The van der Waals surface area contributed by atoms with Gasteiger partial charge in [-0.1, -0.05) is 0 Å². The lowest BCUT2D eigenvalue weighted by molar-refractivity contribution is -0.113. The second-order valence-corrected chi connectivity index (χ2v) is 10.0. The molecule has 0 aromatic carbocycles. The Morgan fingerprint density at radius 1 is 1.26 bits per heavy atom. The third-order valence-electron chi connectivity index (χ3n) is 6.90. The number of methoxy groups -OCH3 is 1. The van der Waals surface area contributed by atoms with Crippen LogP contribution in [0.5, 0.6) is 5.88 Å². The Hall–Kier alpha value is -3.31. The summed E-state index contributed by atoms with van der Waals surface area (Å²) in [7, 11) is 1.53. The molecule has 0 unspecified atom stereocenters. The minimum atomic E-state index is -0.361. The fraction of sp³-hybridized carbons (Fsp3) is 0.375. The summed E-state index contributed by atoms with van der Waals surface area (Å²) in [6.07, 6.45) is 1.77. The Labute approximate surface area is 204 Å². The van der Waals surface area contributed by atoms with Gasteiger partial charge in [-0.2, -0.15) is 0 Å². The van der Waals surface area contributed by atoms with Gasteiger partial charge >= 0.3 is 0 Å². The summed E-state index contributed by atoms with van der Waals surface area (Å²) in [5.41, 5.74) is 2.02. The third kappa shape index (κ3) is 4.19. The zero-order chi connectivity index (χ0) is 24.1. The molecule has 0 radical (unpaired) electrons. The van der Waals surface area contributed by atoms with Gasteiger partial charge in [0.25, 0.3) is 5.91 Å². The number of likely N-dealkylation sites (tertiary alicyclic amines) is 1. The van der Waals surface area contributed by atoms with Gasteiger partial charge in [0, 0.05) is 37.3 Å². The van der Waals surface area contributed by atoms with Crippen LogP contribution in [0.15, 0.2) is 35.4 Å². The Balaban J connectivity index is 1.05. The summed E-state index contributed by atoms with van der Waals surface area (Å²) in [5, 5.41) is 5.81. The van der Waals surface area contributed by atoms with E-state index in [2.05, 4.69) is 30.5 Å². The maximum Gasteiger partial charge on any atom is 0.270 e. The van der Waals surface area contributed by atoms with Gasteiger partial charge in [0.05, 0.1) is 35.0 Å². The number of anilines is 1. The standard InChI is InChI=1S/C24H23FN6O3S/c1-34-20-5-3-16-22(29-20)12(15(25)8-26-16)6-7-31-9-13-14(10-31)21(13)30-24(33)17-2-4-18-23(27-17)28-19(32)11-35-18/h2-5,8,13-14,21H,6-7,9-11H2,1H3,(H,30,33)(H,27,28,32)/t13-,14+,21+. The van der Waals surface area contributed by atoms with Crippen LogP contribution in [-0.2, 0) is 11.2 Å². The molecule has 9 nitrogen and oxygen atoms in total. The molecule has 1 saturated carbocycles. The van der Waals surface area contributed by atoms with Crippen LogP contribution in [0.4, 0.5) is 10.2 Å². The van der Waals surface area contributed by atoms with Crippen LogP contribution < -0.4 is 15.4 Å². The Kier molecular flexibility index (Phi) is 5.53. The molecule has 6 rings (SSSR count). The molecule has 0 bridgehead atoms. The molecular formula is C24H23FN6O3S. The number of carbonyl (C=O) groups is 2. The molecule has 0 spiro atoms. The highest BCUT2D eigenvalue weighted by atomic mass is 32.2. The number of hydrogen-bond acceptors (Lipinski definition) is 8. The second-order valence-electron chi connectivity index (χ2n) is 9.02. The van der Waals surface area contributed by atoms with E-state index in [9.17, 15) is 14.0 Å². The molecule has 180 valence electrons. The molecule has 2 fully saturated rings. The minimum absolute atomic E-state index is 0.112. The predicted molar refractivity (Wildman–Crippen MR) is 128 cm³/mol. The SMILES string of the molecule is COc1ccc2ncc(F)c(CCN3C[C@@H]4[C@H](C3)[C@H]4NC(=O)c3ccc4c(n3)NC(=O)CS4)c2n1. The molecule has 5 heterocycles. The van der Waals surface area contributed by atoms with E-state index in [4.69, 9.17) is 4.74 Å². The molecule has 3 atom stereocenters. The van der Waals surface area contributed by atoms with Crippen molar-refractivity contribution in [1.29, 1.82) is 0 Å². The quantitative estimate of drug-likeness (QED) is 0.537. The predicted octanol–water partition coefficient (Wildman–Crippen LogP) is 2.12. The molecule has 3 aliphatic rings. The summed E-state index contributed by atoms with van der Waals surface area (Å²) in [6, 6.07) is 7.13. The first-order chi connectivity index (χ1) is 17.0. The van der Waals surface area contributed by atoms with Crippen LogP contribution in [-0.4, -0.2) is 70.2 Å². The highest BCUT2D eigenvalue weighted by molar-refractivity contribution is 8.00. The number of carbonyl (C=O) groups excluding carboxylic acids is 2. The molecule has 35 heavy (non-hydrogen) atoms. The van der Waals surface area contributed by atoms with Crippen molar-refractivity contribution in [2.45, 2.75) is 17.4 Å². The Morgan fingerprint density at radius 3 is 2.89 bits per heavy atom. The lowest BCUT2D eigenvalue weighted by atomic mass is 10.1. The summed E-state index contributed by atoms with van der Waals surface area (Å²) in [5.74, 6) is 1.29. The van der Waals surface area contributed by atoms with Crippen molar-refractivity contribution in [2.75, 3.05) is 37.8 Å². The van der Waals surface area contributed by atoms with Crippen molar-refractivity contribution in [3.63, 3.8) is 0 Å². The monoisotopic (exact) mass is 494 g/mol. The van der Waals surface area contributed by atoms with E-state index in [1.807, 2.05) is 6.07 Å². The van der Waals surface area contributed by atoms with Crippen LogP contribution in [0.2, 0.25) is 0 Å². The van der Waals surface area contributed by atoms with E-state index < -0.39 is 0 Å². The van der Waals surface area contributed by atoms with Gasteiger partial charge in [-0.15, -0.1) is 11.8 Å². The van der Waals surface area contributed by atoms with Crippen molar-refractivity contribution in [3.8, 4) is 5.88 Å². The fourth-order valence-electron chi connectivity index (χ4n) is 5.02. The molecule has 2 N–H and O–H groups in total. The first kappa shape index (κ1) is 22.2. The van der Waals surface area contributed by atoms with E-state index in [1.165, 1.54) is 25.1 Å². The highest BCUT2D eigenvalue weighted by Crippen LogP contribution is 2.45. The molecule has 2 amide bonds. The van der Waals surface area contributed by atoms with Crippen LogP contribution in [0.1, 0.15) is 16.1 Å². The van der Waals surface area contributed by atoms with Crippen molar-refractivity contribution >= 4 is 40.4 Å². The van der Waals surface area contributed by atoms with E-state index in [-0.39, 0.29) is 23.7 Å². The van der Waals surface area contributed by atoms with Gasteiger partial charge in [-0.3, -0.25) is 14.6 Å². The number of ether oxygens (including phenoxy) is 1. The van der Waals surface area contributed by atoms with Crippen LogP contribution in [0.3, 0.4) is 0 Å². The van der Waals surface area contributed by atoms with E-state index in [1.54, 1.807) is 18.2 Å². The summed E-state index contributed by atoms with van der Waals surface area (Å²) in [4.78, 5) is 40.4. The number of piperidine rings is 1. The van der Waals surface area contributed by atoms with Crippen LogP contribution in [0.25, 0.3) is 11.0 Å². The average molecular weight is 495 g/mol. The largest absolute Gasteiger partial charge is 0.481 e. The summed E-state index contributed by atoms with van der Waals surface area (Å²) < 4.78 is 19.8. The number of rotatable bonds is 6. The number of aromatic nitrogens is 3. The van der Waals surface area contributed by atoms with E-state index in [0.717, 1.165) is 18.0 Å². The fourth-order valence-corrected chi connectivity index (χ4v) is 5.78. The first-order valence-electron chi connectivity index (χ1n) is 11.4. The number of nitrogens with one attached hydrogen (secondary N) is 2. The van der Waals surface area contributed by atoms with Crippen molar-refractivity contribution in [2.24, 2.45) is 11.8 Å². The number of thioether (sulfide) groups is 1. The second kappa shape index (κ2) is 8.72. The lowest BCUT2D eigenvalue weighted by Crippen LogP contribution is -2.36. The third-order valence-corrected chi connectivity index (χ3v) is 7.95. The van der Waals surface area contributed by atoms with Crippen molar-refractivity contribution in [1.82, 2.24) is 25.2 Å². The van der Waals surface area contributed by atoms with Crippen LogP contribution in [0, 0.1) is 17.7 Å². The summed E-state index contributed by atoms with van der Waals surface area (Å²) in [6.45, 7) is 2.40. The van der Waals surface area contributed by atoms with Crippen molar-refractivity contribution < 1.29 is 18.7 Å². The molecule has 1 saturated heterocycles. The van der Waals surface area contributed by atoms with Gasteiger partial charge in [-0.25, -0.2) is 14.4 Å². The van der Waals surface area contributed by atoms with E-state index >= 15 is 0 Å². The molecule has 2 aliphatic heterocycles. The van der Waals surface area contributed by atoms with E-state index in [0.29, 0.717) is 64.5 Å². The maximum atomic E-state index is 14.6. The molecule has 1 aliphatic carbocycles. The van der Waals surface area contributed by atoms with Crippen molar-refractivity contribution in [3.05, 3.63) is 47.5 Å². The number of amides is 2. The first-order valence-corrected chi connectivity index (χ1v) is 12.4. The number of pyridine rings is 3. The smallest absolute Gasteiger partial charge is 0.270 e. The normalized spacial score (nSPS) is 22.9. The molecular weight excluding hydrogens is 471 g/mol. The zero-order valence-corrected chi connectivity index (χ0v) is 19.8. The highest BCUT2D eigenvalue weighted by Gasteiger charge is 2.56.